The molecular weight excluding hydrogens is 184 g/mol. The molecule has 78 valence electrons. The summed E-state index contributed by atoms with van der Waals surface area (Å²) in [6, 6.07) is 0. The largest absolute Gasteiger partial charge is 0.359 e. The van der Waals surface area contributed by atoms with Crippen molar-refractivity contribution in [2.24, 2.45) is 0 Å². The normalized spacial score (nSPS) is 28.2. The van der Waals surface area contributed by atoms with Crippen LogP contribution in [0.25, 0.3) is 0 Å². The molecule has 1 aliphatic rings. The molecule has 3 heteroatoms. The van der Waals surface area contributed by atoms with Crippen molar-refractivity contribution in [2.75, 3.05) is 19.7 Å². The molecule has 1 fully saturated rings. The second-order valence-electron chi connectivity index (χ2n) is 3.45. The molecular formula is C10H20O2S. The van der Waals surface area contributed by atoms with Gasteiger partial charge in [0, 0.05) is 12.4 Å². The van der Waals surface area contributed by atoms with Crippen LogP contribution >= 0.6 is 11.8 Å². The standard InChI is InChI=1S/C10H20O2S/c1-3-4-5-10-9(6-7-13-10)12-8-11-2/h9-10H,3-8H2,1-2H3/t9-,10-/m0/s1. The first-order valence-corrected chi connectivity index (χ1v) is 6.15. The van der Waals surface area contributed by atoms with Crippen LogP contribution in [0.2, 0.25) is 0 Å². The molecule has 0 radical (unpaired) electrons. The summed E-state index contributed by atoms with van der Waals surface area (Å²) in [5.74, 6) is 1.25. The number of ether oxygens (including phenoxy) is 2. The van der Waals surface area contributed by atoms with Gasteiger partial charge in [-0.3, -0.25) is 0 Å². The molecule has 13 heavy (non-hydrogen) atoms. The van der Waals surface area contributed by atoms with Gasteiger partial charge < -0.3 is 9.47 Å². The number of unbranched alkanes of at least 4 members (excludes halogenated alkanes) is 1. The Morgan fingerprint density at radius 1 is 1.46 bits per heavy atom. The first-order valence-electron chi connectivity index (χ1n) is 5.10. The lowest BCUT2D eigenvalue weighted by Gasteiger charge is -2.18. The highest BCUT2D eigenvalue weighted by molar-refractivity contribution is 8.00. The van der Waals surface area contributed by atoms with Crippen LogP contribution in [0.5, 0.6) is 0 Å². The molecule has 1 rings (SSSR count). The van der Waals surface area contributed by atoms with Crippen LogP contribution in [0.3, 0.4) is 0 Å². The molecule has 2 atom stereocenters. The van der Waals surface area contributed by atoms with E-state index < -0.39 is 0 Å². The Morgan fingerprint density at radius 3 is 3.00 bits per heavy atom. The van der Waals surface area contributed by atoms with Crippen LogP contribution in [0.15, 0.2) is 0 Å². The van der Waals surface area contributed by atoms with Crippen molar-refractivity contribution in [3.8, 4) is 0 Å². The summed E-state index contributed by atoms with van der Waals surface area (Å²) in [6.07, 6.45) is 5.55. The fourth-order valence-corrected chi connectivity index (χ4v) is 3.08. The van der Waals surface area contributed by atoms with Crippen molar-refractivity contribution in [1.29, 1.82) is 0 Å². The molecule has 0 aromatic heterocycles. The highest BCUT2D eigenvalue weighted by Crippen LogP contribution is 2.32. The Morgan fingerprint density at radius 2 is 2.31 bits per heavy atom. The van der Waals surface area contributed by atoms with E-state index in [1.54, 1.807) is 7.11 Å². The molecule has 1 aliphatic heterocycles. The van der Waals surface area contributed by atoms with E-state index in [0.717, 1.165) is 5.25 Å². The van der Waals surface area contributed by atoms with Gasteiger partial charge in [-0.25, -0.2) is 0 Å². The van der Waals surface area contributed by atoms with E-state index in [0.29, 0.717) is 12.9 Å². The van der Waals surface area contributed by atoms with Gasteiger partial charge in [-0.15, -0.1) is 0 Å². The lowest BCUT2D eigenvalue weighted by Crippen LogP contribution is -2.22. The average Bonchev–Trinajstić information content (AvgIpc) is 2.59. The first-order chi connectivity index (χ1) is 6.38. The average molecular weight is 204 g/mol. The van der Waals surface area contributed by atoms with Gasteiger partial charge in [0.25, 0.3) is 0 Å². The molecule has 0 amide bonds. The predicted molar refractivity (Wildman–Crippen MR) is 57.1 cm³/mol. The summed E-state index contributed by atoms with van der Waals surface area (Å²) >= 11 is 2.06. The third-order valence-corrected chi connectivity index (χ3v) is 3.83. The van der Waals surface area contributed by atoms with Crippen molar-refractivity contribution >= 4 is 11.8 Å². The fourth-order valence-electron chi connectivity index (χ4n) is 1.65. The third-order valence-electron chi connectivity index (χ3n) is 2.39. The molecule has 0 aromatic carbocycles. The van der Waals surface area contributed by atoms with Gasteiger partial charge in [-0.1, -0.05) is 19.8 Å². The Kier molecular flexibility index (Phi) is 5.83. The van der Waals surface area contributed by atoms with Gasteiger partial charge in [0.2, 0.25) is 0 Å². The lowest BCUT2D eigenvalue weighted by molar-refractivity contribution is -0.0707. The van der Waals surface area contributed by atoms with Crippen molar-refractivity contribution in [3.05, 3.63) is 0 Å². The van der Waals surface area contributed by atoms with E-state index in [2.05, 4.69) is 18.7 Å². The number of hydrogen-bond acceptors (Lipinski definition) is 3. The maximum absolute atomic E-state index is 5.62. The second kappa shape index (κ2) is 6.68. The predicted octanol–water partition coefficient (Wildman–Crippen LogP) is 2.67. The zero-order valence-electron chi connectivity index (χ0n) is 8.62. The minimum absolute atomic E-state index is 0.441. The molecule has 0 saturated carbocycles. The van der Waals surface area contributed by atoms with Crippen LogP contribution in [0, 0.1) is 0 Å². The van der Waals surface area contributed by atoms with Crippen molar-refractivity contribution < 1.29 is 9.47 Å². The van der Waals surface area contributed by atoms with Gasteiger partial charge in [-0.2, -0.15) is 11.8 Å². The molecule has 0 unspecified atom stereocenters. The number of hydrogen-bond donors (Lipinski definition) is 0. The minimum Gasteiger partial charge on any atom is -0.359 e. The molecule has 1 saturated heterocycles. The topological polar surface area (TPSA) is 18.5 Å². The van der Waals surface area contributed by atoms with E-state index in [-0.39, 0.29) is 0 Å². The summed E-state index contributed by atoms with van der Waals surface area (Å²) in [7, 11) is 1.68. The number of thioether (sulfide) groups is 1. The minimum atomic E-state index is 0.441. The SMILES string of the molecule is CCCC[C@@H]1SCC[C@@H]1OCOC. The van der Waals surface area contributed by atoms with Gasteiger partial charge >= 0.3 is 0 Å². The van der Waals surface area contributed by atoms with E-state index >= 15 is 0 Å². The van der Waals surface area contributed by atoms with Crippen LogP contribution in [-0.4, -0.2) is 31.0 Å². The highest BCUT2D eigenvalue weighted by Gasteiger charge is 2.27. The van der Waals surface area contributed by atoms with E-state index in [1.807, 2.05) is 0 Å². The third kappa shape index (κ3) is 3.88. The molecule has 0 aliphatic carbocycles. The van der Waals surface area contributed by atoms with Crippen LogP contribution in [-0.2, 0) is 9.47 Å². The number of rotatable bonds is 6. The Bertz CT molecular complexity index is 116. The summed E-state index contributed by atoms with van der Waals surface area (Å²) in [5.41, 5.74) is 0. The first kappa shape index (κ1) is 11.3. The van der Waals surface area contributed by atoms with Crippen LogP contribution in [0.1, 0.15) is 32.6 Å². The Hall–Kier alpha value is 0.270. The Balaban J connectivity index is 2.18. The monoisotopic (exact) mass is 204 g/mol. The molecule has 1 heterocycles. The van der Waals surface area contributed by atoms with Crippen molar-refractivity contribution in [2.45, 2.75) is 44.0 Å². The van der Waals surface area contributed by atoms with Crippen molar-refractivity contribution in [1.82, 2.24) is 0 Å². The summed E-state index contributed by atoms with van der Waals surface area (Å²) < 4.78 is 10.5. The fraction of sp³-hybridized carbons (Fsp3) is 1.00. The molecule has 0 spiro atoms. The highest BCUT2D eigenvalue weighted by atomic mass is 32.2. The van der Waals surface area contributed by atoms with Gasteiger partial charge in [0.1, 0.15) is 6.79 Å². The van der Waals surface area contributed by atoms with Gasteiger partial charge in [0.05, 0.1) is 6.10 Å². The van der Waals surface area contributed by atoms with Crippen LogP contribution in [0.4, 0.5) is 0 Å². The molecule has 0 aromatic rings. The summed E-state index contributed by atoms with van der Waals surface area (Å²) in [5, 5.41) is 0.718. The lowest BCUT2D eigenvalue weighted by atomic mass is 10.1. The van der Waals surface area contributed by atoms with E-state index in [4.69, 9.17) is 9.47 Å². The van der Waals surface area contributed by atoms with E-state index in [9.17, 15) is 0 Å². The summed E-state index contributed by atoms with van der Waals surface area (Å²) in [4.78, 5) is 0. The smallest absolute Gasteiger partial charge is 0.146 e. The zero-order valence-corrected chi connectivity index (χ0v) is 9.44. The number of methoxy groups -OCH3 is 1. The second-order valence-corrected chi connectivity index (χ2v) is 4.80. The zero-order chi connectivity index (χ0) is 9.52. The van der Waals surface area contributed by atoms with Crippen molar-refractivity contribution in [3.63, 3.8) is 0 Å². The van der Waals surface area contributed by atoms with Gasteiger partial charge in [-0.05, 0) is 18.6 Å². The van der Waals surface area contributed by atoms with Gasteiger partial charge in [0.15, 0.2) is 0 Å². The van der Waals surface area contributed by atoms with E-state index in [1.165, 1.54) is 31.4 Å². The van der Waals surface area contributed by atoms with Crippen LogP contribution < -0.4 is 0 Å². The molecule has 2 nitrogen and oxygen atoms in total. The maximum Gasteiger partial charge on any atom is 0.146 e. The Labute approximate surface area is 85.4 Å². The molecule has 0 N–H and O–H groups in total. The maximum atomic E-state index is 5.62. The molecule has 0 bridgehead atoms. The summed E-state index contributed by atoms with van der Waals surface area (Å²) in [6.45, 7) is 2.69. The quantitative estimate of drug-likeness (QED) is 0.620.